The van der Waals surface area contributed by atoms with Crippen LogP contribution in [0.4, 0.5) is 5.69 Å². The molecule has 0 unspecified atom stereocenters. The van der Waals surface area contributed by atoms with Crippen molar-refractivity contribution in [2.24, 2.45) is 5.73 Å². The van der Waals surface area contributed by atoms with Crippen molar-refractivity contribution in [1.29, 1.82) is 0 Å². The van der Waals surface area contributed by atoms with Crippen molar-refractivity contribution in [3.8, 4) is 0 Å². The minimum Gasteiger partial charge on any atom is -0.378 e. The van der Waals surface area contributed by atoms with Crippen LogP contribution in [0.3, 0.4) is 0 Å². The van der Waals surface area contributed by atoms with Crippen molar-refractivity contribution in [3.05, 3.63) is 64.1 Å². The highest BCUT2D eigenvalue weighted by Crippen LogP contribution is 2.25. The number of anilines is 1. The minimum atomic E-state index is -0.435. The first kappa shape index (κ1) is 13.6. The van der Waals surface area contributed by atoms with Crippen LogP contribution in [0.5, 0.6) is 0 Å². The van der Waals surface area contributed by atoms with E-state index in [1.807, 2.05) is 43.3 Å². The fraction of sp³-hybridized carbons (Fsp3) is 0.133. The summed E-state index contributed by atoms with van der Waals surface area (Å²) in [5.74, 6) is -0.435. The lowest BCUT2D eigenvalue weighted by Crippen LogP contribution is -2.16. The molecule has 0 aromatic heterocycles. The largest absolute Gasteiger partial charge is 0.378 e. The molecule has 0 aliphatic rings. The summed E-state index contributed by atoms with van der Waals surface area (Å²) in [6, 6.07) is 15.5. The Morgan fingerprint density at radius 2 is 1.89 bits per heavy atom. The SMILES string of the molecule is C[C@@H](Nc1cc(Br)ccc1C(N)=O)c1ccccc1. The molecule has 1 atom stereocenters. The van der Waals surface area contributed by atoms with E-state index in [1.165, 1.54) is 0 Å². The summed E-state index contributed by atoms with van der Waals surface area (Å²) in [6.45, 7) is 2.04. The van der Waals surface area contributed by atoms with Gasteiger partial charge < -0.3 is 11.1 Å². The third kappa shape index (κ3) is 3.35. The van der Waals surface area contributed by atoms with Gasteiger partial charge in [-0.15, -0.1) is 0 Å². The molecule has 2 aromatic rings. The lowest BCUT2D eigenvalue weighted by molar-refractivity contribution is 0.100. The molecule has 3 nitrogen and oxygen atoms in total. The van der Waals surface area contributed by atoms with Crippen molar-refractivity contribution in [2.75, 3.05) is 5.32 Å². The zero-order valence-electron chi connectivity index (χ0n) is 10.6. The molecular weight excluding hydrogens is 304 g/mol. The summed E-state index contributed by atoms with van der Waals surface area (Å²) in [4.78, 5) is 11.4. The molecule has 98 valence electrons. The molecule has 1 amide bonds. The van der Waals surface area contributed by atoms with E-state index in [9.17, 15) is 4.79 Å². The number of nitrogens with two attached hydrogens (primary N) is 1. The standard InChI is InChI=1S/C15H15BrN2O/c1-10(11-5-3-2-4-6-11)18-14-9-12(16)7-8-13(14)15(17)19/h2-10,18H,1H3,(H2,17,19)/t10-/m1/s1. The number of benzene rings is 2. The van der Waals surface area contributed by atoms with Gasteiger partial charge >= 0.3 is 0 Å². The first-order valence-electron chi connectivity index (χ1n) is 5.99. The van der Waals surface area contributed by atoms with E-state index in [0.29, 0.717) is 5.56 Å². The topological polar surface area (TPSA) is 55.1 Å². The molecule has 0 saturated heterocycles. The molecule has 19 heavy (non-hydrogen) atoms. The molecule has 2 rings (SSSR count). The predicted molar refractivity (Wildman–Crippen MR) is 81.1 cm³/mol. The summed E-state index contributed by atoms with van der Waals surface area (Å²) in [5, 5.41) is 3.32. The maximum atomic E-state index is 11.4. The second-order valence-electron chi connectivity index (χ2n) is 4.33. The van der Waals surface area contributed by atoms with Crippen molar-refractivity contribution in [2.45, 2.75) is 13.0 Å². The maximum absolute atomic E-state index is 11.4. The molecule has 0 spiro atoms. The number of carbonyl (C=O) groups excluding carboxylic acids is 1. The highest BCUT2D eigenvalue weighted by molar-refractivity contribution is 9.10. The molecular formula is C15H15BrN2O. The molecule has 0 saturated carbocycles. The molecule has 0 heterocycles. The van der Waals surface area contributed by atoms with Crippen LogP contribution in [-0.4, -0.2) is 5.91 Å². The van der Waals surface area contributed by atoms with E-state index in [2.05, 4.69) is 21.2 Å². The molecule has 0 aliphatic carbocycles. The van der Waals surface area contributed by atoms with Crippen molar-refractivity contribution in [1.82, 2.24) is 0 Å². The third-order valence-electron chi connectivity index (χ3n) is 2.92. The average Bonchev–Trinajstić information content (AvgIpc) is 2.39. The molecule has 3 N–H and O–H groups in total. The molecule has 2 aromatic carbocycles. The summed E-state index contributed by atoms with van der Waals surface area (Å²) < 4.78 is 0.903. The normalized spacial score (nSPS) is 11.9. The molecule has 0 fully saturated rings. The van der Waals surface area contributed by atoms with Gasteiger partial charge in [0, 0.05) is 16.2 Å². The summed E-state index contributed by atoms with van der Waals surface area (Å²) in [5.41, 5.74) is 7.76. The van der Waals surface area contributed by atoms with Crippen LogP contribution in [0.2, 0.25) is 0 Å². The van der Waals surface area contributed by atoms with E-state index >= 15 is 0 Å². The van der Waals surface area contributed by atoms with E-state index in [-0.39, 0.29) is 6.04 Å². The Morgan fingerprint density at radius 3 is 2.53 bits per heavy atom. The average molecular weight is 319 g/mol. The Hall–Kier alpha value is -1.81. The second-order valence-corrected chi connectivity index (χ2v) is 5.25. The Labute approximate surface area is 121 Å². The van der Waals surface area contributed by atoms with Gasteiger partial charge in [0.1, 0.15) is 0 Å². The number of halogens is 1. The fourth-order valence-corrected chi connectivity index (χ4v) is 2.27. The third-order valence-corrected chi connectivity index (χ3v) is 3.41. The van der Waals surface area contributed by atoms with E-state index in [4.69, 9.17) is 5.73 Å². The van der Waals surface area contributed by atoms with Gasteiger partial charge in [0.05, 0.1) is 5.56 Å². The molecule has 0 bridgehead atoms. The Balaban J connectivity index is 2.28. The van der Waals surface area contributed by atoms with Gasteiger partial charge in [-0.1, -0.05) is 46.3 Å². The van der Waals surface area contributed by atoms with Crippen LogP contribution in [-0.2, 0) is 0 Å². The number of hydrogen-bond donors (Lipinski definition) is 2. The minimum absolute atomic E-state index is 0.0913. The molecule has 4 heteroatoms. The molecule has 0 radical (unpaired) electrons. The van der Waals surface area contributed by atoms with Crippen molar-refractivity contribution < 1.29 is 4.79 Å². The van der Waals surface area contributed by atoms with Crippen LogP contribution >= 0.6 is 15.9 Å². The maximum Gasteiger partial charge on any atom is 0.250 e. The Morgan fingerprint density at radius 1 is 1.21 bits per heavy atom. The van der Waals surface area contributed by atoms with E-state index in [1.54, 1.807) is 12.1 Å². The number of carbonyl (C=O) groups is 1. The zero-order chi connectivity index (χ0) is 13.8. The van der Waals surface area contributed by atoms with Crippen LogP contribution in [0.15, 0.2) is 53.0 Å². The van der Waals surface area contributed by atoms with Crippen LogP contribution in [0.25, 0.3) is 0 Å². The Kier molecular flexibility index (Phi) is 4.22. The van der Waals surface area contributed by atoms with E-state index < -0.39 is 5.91 Å². The lowest BCUT2D eigenvalue weighted by atomic mass is 10.1. The zero-order valence-corrected chi connectivity index (χ0v) is 12.1. The van der Waals surface area contributed by atoms with Gasteiger partial charge in [0.2, 0.25) is 0 Å². The number of primary amides is 1. The lowest BCUT2D eigenvalue weighted by Gasteiger charge is -2.18. The predicted octanol–water partition coefficient (Wildman–Crippen LogP) is 3.72. The number of hydrogen-bond acceptors (Lipinski definition) is 2. The fourth-order valence-electron chi connectivity index (χ4n) is 1.91. The summed E-state index contributed by atoms with van der Waals surface area (Å²) in [6.07, 6.45) is 0. The molecule has 0 aliphatic heterocycles. The number of amides is 1. The van der Waals surface area contributed by atoms with Crippen molar-refractivity contribution in [3.63, 3.8) is 0 Å². The first-order chi connectivity index (χ1) is 9.08. The highest BCUT2D eigenvalue weighted by Gasteiger charge is 2.11. The van der Waals surface area contributed by atoms with Gasteiger partial charge in [-0.25, -0.2) is 0 Å². The summed E-state index contributed by atoms with van der Waals surface area (Å²) in [7, 11) is 0. The first-order valence-corrected chi connectivity index (χ1v) is 6.78. The smallest absolute Gasteiger partial charge is 0.250 e. The second kappa shape index (κ2) is 5.89. The van der Waals surface area contributed by atoms with Crippen LogP contribution < -0.4 is 11.1 Å². The van der Waals surface area contributed by atoms with Crippen LogP contribution in [0, 0.1) is 0 Å². The number of nitrogens with one attached hydrogen (secondary N) is 1. The summed E-state index contributed by atoms with van der Waals surface area (Å²) >= 11 is 3.40. The highest BCUT2D eigenvalue weighted by atomic mass is 79.9. The number of rotatable bonds is 4. The van der Waals surface area contributed by atoms with Gasteiger partial charge in [0.15, 0.2) is 0 Å². The van der Waals surface area contributed by atoms with E-state index in [0.717, 1.165) is 15.7 Å². The van der Waals surface area contributed by atoms with Gasteiger partial charge in [0.25, 0.3) is 5.91 Å². The van der Waals surface area contributed by atoms with Gasteiger partial charge in [-0.05, 0) is 30.7 Å². The quantitative estimate of drug-likeness (QED) is 0.902. The van der Waals surface area contributed by atoms with Crippen LogP contribution in [0.1, 0.15) is 28.9 Å². The Bertz CT molecular complexity index is 584. The van der Waals surface area contributed by atoms with Gasteiger partial charge in [-0.2, -0.15) is 0 Å². The monoisotopic (exact) mass is 318 g/mol. The van der Waals surface area contributed by atoms with Gasteiger partial charge in [-0.3, -0.25) is 4.79 Å². The van der Waals surface area contributed by atoms with Crippen molar-refractivity contribution >= 4 is 27.5 Å².